The molecule has 0 aliphatic heterocycles. The highest BCUT2D eigenvalue weighted by Gasteiger charge is 2.62. The van der Waals surface area contributed by atoms with Crippen molar-refractivity contribution in [2.24, 2.45) is 34.0 Å². The van der Waals surface area contributed by atoms with E-state index < -0.39 is 12.1 Å². The maximum absolute atomic E-state index is 13.3. The van der Waals surface area contributed by atoms with Gasteiger partial charge in [-0.15, -0.1) is 0 Å². The van der Waals surface area contributed by atoms with E-state index in [0.717, 1.165) is 24.8 Å². The van der Waals surface area contributed by atoms with E-state index in [4.69, 9.17) is 9.47 Å². The van der Waals surface area contributed by atoms with Crippen LogP contribution in [-0.2, 0) is 19.1 Å². The van der Waals surface area contributed by atoms with Gasteiger partial charge in [0.05, 0.1) is 12.5 Å². The lowest BCUT2D eigenvalue weighted by molar-refractivity contribution is -0.177. The molecule has 0 radical (unpaired) electrons. The monoisotopic (exact) mass is 420 g/mol. The zero-order chi connectivity index (χ0) is 22.3. The van der Waals surface area contributed by atoms with Crippen molar-refractivity contribution >= 4 is 11.9 Å². The van der Waals surface area contributed by atoms with E-state index in [1.54, 1.807) is 0 Å². The lowest BCUT2D eigenvalue weighted by Crippen LogP contribution is -2.58. The molecular formula is C25H40O5. The minimum absolute atomic E-state index is 0.105. The molecule has 2 fully saturated rings. The Bertz CT molecular complexity index is 710. The van der Waals surface area contributed by atoms with Gasteiger partial charge in [0.1, 0.15) is 6.61 Å². The van der Waals surface area contributed by atoms with Crippen LogP contribution in [0.15, 0.2) is 11.6 Å². The van der Waals surface area contributed by atoms with E-state index >= 15 is 0 Å². The molecule has 0 saturated heterocycles. The van der Waals surface area contributed by atoms with Crippen LogP contribution in [0.1, 0.15) is 80.1 Å². The Labute approximate surface area is 181 Å². The van der Waals surface area contributed by atoms with Gasteiger partial charge < -0.3 is 14.6 Å². The van der Waals surface area contributed by atoms with Crippen molar-refractivity contribution in [3.05, 3.63) is 11.6 Å². The SMILES string of the molecule is CC(=O)O[C@@H](CO)COC(=O)[C@@H]1C(C)=CC[C@H]2[C@@]1(C)CCC1C(C)(C)CCC[C@@]12C. The Morgan fingerprint density at radius 1 is 1.13 bits per heavy atom. The lowest BCUT2D eigenvalue weighted by Gasteiger charge is -2.64. The molecule has 0 aromatic rings. The van der Waals surface area contributed by atoms with E-state index in [0.29, 0.717) is 17.3 Å². The second-order valence-electron chi connectivity index (χ2n) is 11.2. The third-order valence-corrected chi connectivity index (χ3v) is 8.81. The summed E-state index contributed by atoms with van der Waals surface area (Å²) in [6.45, 7) is 12.5. The molecule has 3 rings (SSSR count). The van der Waals surface area contributed by atoms with Crippen LogP contribution in [0.3, 0.4) is 0 Å². The van der Waals surface area contributed by atoms with Gasteiger partial charge in [0.15, 0.2) is 6.10 Å². The Morgan fingerprint density at radius 2 is 1.83 bits per heavy atom. The summed E-state index contributed by atoms with van der Waals surface area (Å²) in [5.41, 5.74) is 1.53. The number of ether oxygens (including phenoxy) is 2. The predicted octanol–water partition coefficient (Wildman–Crippen LogP) is 4.67. The number of carbonyl (C=O) groups is 2. The molecule has 2 saturated carbocycles. The number of hydrogen-bond donors (Lipinski definition) is 1. The molecular weight excluding hydrogens is 380 g/mol. The molecule has 6 atom stereocenters. The largest absolute Gasteiger partial charge is 0.461 e. The summed E-state index contributed by atoms with van der Waals surface area (Å²) in [5.74, 6) is 0.112. The molecule has 170 valence electrons. The van der Waals surface area contributed by atoms with Crippen molar-refractivity contribution in [2.45, 2.75) is 86.2 Å². The number of allylic oxidation sites excluding steroid dienone is 1. The van der Waals surface area contributed by atoms with E-state index in [1.807, 2.05) is 6.92 Å². The van der Waals surface area contributed by atoms with Crippen molar-refractivity contribution in [2.75, 3.05) is 13.2 Å². The smallest absolute Gasteiger partial charge is 0.313 e. The first-order chi connectivity index (χ1) is 14.0. The Morgan fingerprint density at radius 3 is 2.47 bits per heavy atom. The minimum atomic E-state index is -0.810. The van der Waals surface area contributed by atoms with Crippen molar-refractivity contribution in [1.29, 1.82) is 0 Å². The zero-order valence-electron chi connectivity index (χ0n) is 19.6. The number of carbonyl (C=O) groups excluding carboxylic acids is 2. The number of rotatable bonds is 5. The lowest BCUT2D eigenvalue weighted by atomic mass is 9.40. The molecule has 0 aromatic carbocycles. The number of esters is 2. The second-order valence-corrected chi connectivity index (χ2v) is 11.2. The summed E-state index contributed by atoms with van der Waals surface area (Å²) in [5, 5.41) is 9.42. The Balaban J connectivity index is 1.83. The third-order valence-electron chi connectivity index (χ3n) is 8.81. The fourth-order valence-corrected chi connectivity index (χ4v) is 7.58. The number of aliphatic hydroxyl groups excluding tert-OH is 1. The van der Waals surface area contributed by atoms with Gasteiger partial charge in [-0.1, -0.05) is 45.8 Å². The van der Waals surface area contributed by atoms with E-state index in [9.17, 15) is 14.7 Å². The first-order valence-corrected chi connectivity index (χ1v) is 11.6. The molecule has 0 heterocycles. The van der Waals surface area contributed by atoms with E-state index in [1.165, 1.54) is 26.2 Å². The van der Waals surface area contributed by atoms with Crippen LogP contribution in [0, 0.1) is 34.0 Å². The van der Waals surface area contributed by atoms with Crippen molar-refractivity contribution in [3.63, 3.8) is 0 Å². The van der Waals surface area contributed by atoms with E-state index in [-0.39, 0.29) is 35.9 Å². The van der Waals surface area contributed by atoms with Crippen molar-refractivity contribution < 1.29 is 24.2 Å². The van der Waals surface area contributed by atoms with Crippen LogP contribution in [0.5, 0.6) is 0 Å². The van der Waals surface area contributed by atoms with Crippen LogP contribution in [0.4, 0.5) is 0 Å². The summed E-state index contributed by atoms with van der Waals surface area (Å²) in [4.78, 5) is 24.5. The molecule has 1 unspecified atom stereocenters. The van der Waals surface area contributed by atoms with Gasteiger partial charge in [-0.3, -0.25) is 9.59 Å². The van der Waals surface area contributed by atoms with Gasteiger partial charge >= 0.3 is 11.9 Å². The van der Waals surface area contributed by atoms with Crippen molar-refractivity contribution in [1.82, 2.24) is 0 Å². The number of fused-ring (bicyclic) bond motifs is 3. The van der Waals surface area contributed by atoms with Gasteiger partial charge in [-0.2, -0.15) is 0 Å². The fraction of sp³-hybridized carbons (Fsp3) is 0.840. The molecule has 0 aromatic heterocycles. The van der Waals surface area contributed by atoms with Crippen LogP contribution in [0.25, 0.3) is 0 Å². The highest BCUT2D eigenvalue weighted by atomic mass is 16.6. The van der Waals surface area contributed by atoms with Gasteiger partial charge in [-0.25, -0.2) is 0 Å². The Hall–Kier alpha value is -1.36. The maximum atomic E-state index is 13.3. The van der Waals surface area contributed by atoms with Gasteiger partial charge in [0.25, 0.3) is 0 Å². The first kappa shape index (κ1) is 23.3. The summed E-state index contributed by atoms with van der Waals surface area (Å²) in [7, 11) is 0. The van der Waals surface area contributed by atoms with Gasteiger partial charge in [-0.05, 0) is 67.1 Å². The number of aliphatic hydroxyl groups is 1. The second kappa shape index (κ2) is 8.29. The first-order valence-electron chi connectivity index (χ1n) is 11.6. The highest BCUT2D eigenvalue weighted by molar-refractivity contribution is 5.77. The topological polar surface area (TPSA) is 72.8 Å². The minimum Gasteiger partial charge on any atom is -0.461 e. The average molecular weight is 421 g/mol. The quantitative estimate of drug-likeness (QED) is 0.517. The molecule has 0 bridgehead atoms. The van der Waals surface area contributed by atoms with Crippen LogP contribution in [-0.4, -0.2) is 36.4 Å². The zero-order valence-corrected chi connectivity index (χ0v) is 19.6. The standard InChI is InChI=1S/C25H40O5/c1-16-8-9-20-24(5)12-7-11-23(3,4)19(24)10-13-25(20,6)21(16)22(28)29-15-18(14-26)30-17(2)27/h8,18-21,26H,7,9-15H2,1-6H3/t18-,19?,20+,21-,24-,25+/m0/s1. The molecule has 30 heavy (non-hydrogen) atoms. The Kier molecular flexibility index (Phi) is 6.44. The molecule has 3 aliphatic rings. The fourth-order valence-electron chi connectivity index (χ4n) is 7.58. The summed E-state index contributed by atoms with van der Waals surface area (Å²) < 4.78 is 10.6. The van der Waals surface area contributed by atoms with Crippen molar-refractivity contribution in [3.8, 4) is 0 Å². The van der Waals surface area contributed by atoms with E-state index in [2.05, 4.69) is 33.8 Å². The van der Waals surface area contributed by atoms with Gasteiger partial charge in [0, 0.05) is 6.92 Å². The maximum Gasteiger partial charge on any atom is 0.313 e. The molecule has 3 aliphatic carbocycles. The summed E-state index contributed by atoms with van der Waals surface area (Å²) >= 11 is 0. The molecule has 5 nitrogen and oxygen atoms in total. The highest BCUT2D eigenvalue weighted by Crippen LogP contribution is 2.68. The van der Waals surface area contributed by atoms with Crippen LogP contribution < -0.4 is 0 Å². The summed E-state index contributed by atoms with van der Waals surface area (Å²) in [6, 6.07) is 0. The van der Waals surface area contributed by atoms with Crippen LogP contribution in [0.2, 0.25) is 0 Å². The average Bonchev–Trinajstić information content (AvgIpc) is 2.63. The summed E-state index contributed by atoms with van der Waals surface area (Å²) in [6.07, 6.45) is 8.43. The number of hydrogen-bond acceptors (Lipinski definition) is 5. The normalized spacial score (nSPS) is 38.5. The third kappa shape index (κ3) is 3.94. The molecule has 1 N–H and O–H groups in total. The predicted molar refractivity (Wildman–Crippen MR) is 116 cm³/mol. The molecule has 5 heteroatoms. The molecule has 0 amide bonds. The van der Waals surface area contributed by atoms with Crippen LogP contribution >= 0.6 is 0 Å². The van der Waals surface area contributed by atoms with Gasteiger partial charge in [0.2, 0.25) is 0 Å². The molecule has 0 spiro atoms.